The Bertz CT molecular complexity index is 422. The van der Waals surface area contributed by atoms with E-state index in [1.807, 2.05) is 18.2 Å². The van der Waals surface area contributed by atoms with Gasteiger partial charge in [0.1, 0.15) is 17.4 Å². The summed E-state index contributed by atoms with van der Waals surface area (Å²) in [7, 11) is 1.61. The summed E-state index contributed by atoms with van der Waals surface area (Å²) in [6.07, 6.45) is 0.739. The lowest BCUT2D eigenvalue weighted by Crippen LogP contribution is -2.32. The monoisotopic (exact) mass is 255 g/mol. The molecule has 0 aliphatic carbocycles. The van der Waals surface area contributed by atoms with Gasteiger partial charge in [-0.05, 0) is 18.2 Å². The van der Waals surface area contributed by atoms with Crippen LogP contribution >= 0.6 is 11.6 Å². The van der Waals surface area contributed by atoms with Crippen molar-refractivity contribution in [3.8, 4) is 11.5 Å². The highest BCUT2D eigenvalue weighted by molar-refractivity contribution is 6.27. The summed E-state index contributed by atoms with van der Waals surface area (Å²) >= 11 is 5.49. The number of methoxy groups -OCH3 is 1. The fraction of sp³-hybridized carbons (Fsp3) is 0.417. The average molecular weight is 256 g/mol. The van der Waals surface area contributed by atoms with Gasteiger partial charge in [0.25, 0.3) is 0 Å². The highest BCUT2D eigenvalue weighted by Crippen LogP contribution is 2.34. The number of amides is 1. The third-order valence-corrected chi connectivity index (χ3v) is 2.96. The van der Waals surface area contributed by atoms with Gasteiger partial charge in [-0.3, -0.25) is 4.79 Å². The normalized spacial score (nSPS) is 17.9. The number of ether oxygens (including phenoxy) is 2. The molecular weight excluding hydrogens is 242 g/mol. The maximum atomic E-state index is 11.3. The molecule has 1 N–H and O–H groups in total. The van der Waals surface area contributed by atoms with Gasteiger partial charge in [-0.2, -0.15) is 0 Å². The van der Waals surface area contributed by atoms with Crippen LogP contribution in [0.2, 0.25) is 0 Å². The summed E-state index contributed by atoms with van der Waals surface area (Å²) in [5.74, 6) is 1.33. The third kappa shape index (κ3) is 2.64. The molecule has 0 radical (unpaired) electrons. The number of rotatable bonds is 3. The largest absolute Gasteiger partial charge is 0.497 e. The molecule has 4 nitrogen and oxygen atoms in total. The molecule has 17 heavy (non-hydrogen) atoms. The Balaban J connectivity index is 2.25. The standard InChI is InChI=1S/C12H14ClNO3/c1-16-8-2-3-11-9(6-8)10(4-5-17-11)14-12(15)7-13/h2-3,6,10H,4-5,7H2,1H3,(H,14,15)/t10-/m0/s1. The quantitative estimate of drug-likeness (QED) is 0.839. The smallest absolute Gasteiger partial charge is 0.235 e. The van der Waals surface area contributed by atoms with Crippen LogP contribution in [0, 0.1) is 0 Å². The van der Waals surface area contributed by atoms with E-state index >= 15 is 0 Å². The van der Waals surface area contributed by atoms with Crippen molar-refractivity contribution in [3.63, 3.8) is 0 Å². The van der Waals surface area contributed by atoms with Crippen LogP contribution in [0.25, 0.3) is 0 Å². The Morgan fingerprint density at radius 1 is 1.65 bits per heavy atom. The van der Waals surface area contributed by atoms with E-state index in [0.29, 0.717) is 6.61 Å². The second kappa shape index (κ2) is 5.27. The van der Waals surface area contributed by atoms with Crippen LogP contribution in [0.15, 0.2) is 18.2 Å². The number of hydrogen-bond donors (Lipinski definition) is 1. The maximum Gasteiger partial charge on any atom is 0.235 e. The molecule has 1 aromatic carbocycles. The molecule has 1 atom stereocenters. The molecule has 0 bridgehead atoms. The maximum absolute atomic E-state index is 11.3. The van der Waals surface area contributed by atoms with E-state index in [1.54, 1.807) is 7.11 Å². The van der Waals surface area contributed by atoms with Crippen molar-refractivity contribution in [1.29, 1.82) is 0 Å². The Kier molecular flexibility index (Phi) is 3.74. The number of carbonyl (C=O) groups is 1. The van der Waals surface area contributed by atoms with E-state index in [1.165, 1.54) is 0 Å². The zero-order valence-electron chi connectivity index (χ0n) is 9.53. The molecule has 2 rings (SSSR count). The van der Waals surface area contributed by atoms with Crippen molar-refractivity contribution >= 4 is 17.5 Å². The molecule has 0 saturated carbocycles. The number of carbonyl (C=O) groups excluding carboxylic acids is 1. The van der Waals surface area contributed by atoms with Crippen molar-refractivity contribution in [3.05, 3.63) is 23.8 Å². The lowest BCUT2D eigenvalue weighted by Gasteiger charge is -2.26. The number of halogens is 1. The van der Waals surface area contributed by atoms with Crippen LogP contribution in [0.5, 0.6) is 11.5 Å². The third-order valence-electron chi connectivity index (χ3n) is 2.71. The molecule has 0 unspecified atom stereocenters. The summed E-state index contributed by atoms with van der Waals surface area (Å²) in [5.41, 5.74) is 0.939. The van der Waals surface area contributed by atoms with E-state index < -0.39 is 0 Å². The Morgan fingerprint density at radius 2 is 2.47 bits per heavy atom. The molecule has 0 fully saturated rings. The van der Waals surface area contributed by atoms with Crippen molar-refractivity contribution in [2.75, 3.05) is 19.6 Å². The van der Waals surface area contributed by atoms with Gasteiger partial charge in [0.15, 0.2) is 0 Å². The minimum Gasteiger partial charge on any atom is -0.497 e. The van der Waals surface area contributed by atoms with Gasteiger partial charge in [-0.25, -0.2) is 0 Å². The second-order valence-corrected chi connectivity index (χ2v) is 4.06. The molecule has 0 aromatic heterocycles. The lowest BCUT2D eigenvalue weighted by atomic mass is 10.0. The van der Waals surface area contributed by atoms with Gasteiger partial charge in [-0.15, -0.1) is 11.6 Å². The highest BCUT2D eigenvalue weighted by Gasteiger charge is 2.23. The van der Waals surface area contributed by atoms with E-state index in [2.05, 4.69) is 5.32 Å². The van der Waals surface area contributed by atoms with E-state index in [0.717, 1.165) is 23.5 Å². The molecular formula is C12H14ClNO3. The first kappa shape index (κ1) is 12.0. The summed E-state index contributed by atoms with van der Waals surface area (Å²) in [5, 5.41) is 2.87. The van der Waals surface area contributed by atoms with Crippen molar-refractivity contribution in [2.45, 2.75) is 12.5 Å². The molecule has 1 aliphatic rings. The number of nitrogens with one attached hydrogen (secondary N) is 1. The minimum absolute atomic E-state index is 0.0311. The summed E-state index contributed by atoms with van der Waals surface area (Å²) < 4.78 is 10.7. The van der Waals surface area contributed by atoms with E-state index in [4.69, 9.17) is 21.1 Å². The predicted molar refractivity (Wildman–Crippen MR) is 64.7 cm³/mol. The summed E-state index contributed by atoms with van der Waals surface area (Å²) in [6, 6.07) is 5.52. The van der Waals surface area contributed by atoms with Gasteiger partial charge >= 0.3 is 0 Å². The molecule has 1 amide bonds. The van der Waals surface area contributed by atoms with Crippen LogP contribution in [-0.4, -0.2) is 25.5 Å². The first-order valence-corrected chi connectivity index (χ1v) is 5.94. The van der Waals surface area contributed by atoms with Crippen LogP contribution in [0.3, 0.4) is 0 Å². The van der Waals surface area contributed by atoms with Crippen LogP contribution in [0.1, 0.15) is 18.0 Å². The molecule has 1 aromatic rings. The summed E-state index contributed by atoms with van der Waals surface area (Å²) in [4.78, 5) is 11.3. The molecule has 0 spiro atoms. The second-order valence-electron chi connectivity index (χ2n) is 3.79. The van der Waals surface area contributed by atoms with Gasteiger partial charge in [0.2, 0.25) is 5.91 Å². The molecule has 5 heteroatoms. The minimum atomic E-state index is -0.174. The SMILES string of the molecule is COc1ccc2c(c1)[C@@H](NC(=O)CCl)CCO2. The Morgan fingerprint density at radius 3 is 3.18 bits per heavy atom. The van der Waals surface area contributed by atoms with Crippen molar-refractivity contribution in [2.24, 2.45) is 0 Å². The van der Waals surface area contributed by atoms with E-state index in [-0.39, 0.29) is 17.8 Å². The zero-order chi connectivity index (χ0) is 12.3. The van der Waals surface area contributed by atoms with Gasteiger partial charge < -0.3 is 14.8 Å². The number of fused-ring (bicyclic) bond motifs is 1. The number of benzene rings is 1. The summed E-state index contributed by atoms with van der Waals surface area (Å²) in [6.45, 7) is 0.590. The van der Waals surface area contributed by atoms with Crippen LogP contribution in [-0.2, 0) is 4.79 Å². The molecule has 1 heterocycles. The molecule has 1 aliphatic heterocycles. The van der Waals surface area contributed by atoms with Crippen LogP contribution < -0.4 is 14.8 Å². The first-order chi connectivity index (χ1) is 8.24. The van der Waals surface area contributed by atoms with E-state index in [9.17, 15) is 4.79 Å². The number of alkyl halides is 1. The van der Waals surface area contributed by atoms with Gasteiger partial charge in [0, 0.05) is 12.0 Å². The zero-order valence-corrected chi connectivity index (χ0v) is 10.3. The Hall–Kier alpha value is -1.42. The van der Waals surface area contributed by atoms with Crippen molar-refractivity contribution < 1.29 is 14.3 Å². The fourth-order valence-corrected chi connectivity index (χ4v) is 1.96. The Labute approximate surface area is 105 Å². The highest BCUT2D eigenvalue weighted by atomic mass is 35.5. The first-order valence-electron chi connectivity index (χ1n) is 5.40. The molecule has 0 saturated heterocycles. The van der Waals surface area contributed by atoms with Crippen LogP contribution in [0.4, 0.5) is 0 Å². The van der Waals surface area contributed by atoms with Gasteiger partial charge in [0.05, 0.1) is 19.8 Å². The van der Waals surface area contributed by atoms with Crippen molar-refractivity contribution in [1.82, 2.24) is 5.32 Å². The average Bonchev–Trinajstić information content (AvgIpc) is 2.38. The molecule has 92 valence electrons. The fourth-order valence-electron chi connectivity index (χ4n) is 1.88. The number of hydrogen-bond acceptors (Lipinski definition) is 3. The lowest BCUT2D eigenvalue weighted by molar-refractivity contribution is -0.119. The predicted octanol–water partition coefficient (Wildman–Crippen LogP) is 1.87. The topological polar surface area (TPSA) is 47.6 Å². The van der Waals surface area contributed by atoms with Gasteiger partial charge in [-0.1, -0.05) is 0 Å².